The molecule has 0 aliphatic heterocycles. The van der Waals surface area contributed by atoms with Crippen molar-refractivity contribution >= 4 is 21.6 Å². The maximum atomic E-state index is 9.98. The van der Waals surface area contributed by atoms with E-state index < -0.39 is 6.10 Å². The molecular formula is C15H16BrNO2. The highest BCUT2D eigenvalue weighted by Gasteiger charge is 2.08. The predicted octanol–water partition coefficient (Wildman–Crippen LogP) is 3.28. The van der Waals surface area contributed by atoms with Gasteiger partial charge in [0.05, 0.1) is 13.2 Å². The normalized spacial score (nSPS) is 12.3. The minimum absolute atomic E-state index is 0.255. The number of aliphatic hydroxyl groups is 1. The van der Waals surface area contributed by atoms with Crippen molar-refractivity contribution in [3.8, 4) is 0 Å². The summed E-state index contributed by atoms with van der Waals surface area (Å²) >= 11 is 3.46. The van der Waals surface area contributed by atoms with Gasteiger partial charge < -0.3 is 15.6 Å². The van der Waals surface area contributed by atoms with Crippen molar-refractivity contribution in [3.63, 3.8) is 0 Å². The molecule has 4 heteroatoms. The van der Waals surface area contributed by atoms with E-state index in [2.05, 4.69) is 15.9 Å². The van der Waals surface area contributed by atoms with E-state index in [0.717, 1.165) is 15.6 Å². The summed E-state index contributed by atoms with van der Waals surface area (Å²) in [6.45, 7) is 0.721. The van der Waals surface area contributed by atoms with E-state index in [1.165, 1.54) is 0 Å². The fourth-order valence-electron chi connectivity index (χ4n) is 1.71. The summed E-state index contributed by atoms with van der Waals surface area (Å²) < 4.78 is 6.55. The van der Waals surface area contributed by atoms with Gasteiger partial charge in [0.2, 0.25) is 0 Å². The highest BCUT2D eigenvalue weighted by Crippen LogP contribution is 2.19. The van der Waals surface area contributed by atoms with Crippen LogP contribution in [0.1, 0.15) is 17.2 Å². The van der Waals surface area contributed by atoms with Crippen LogP contribution < -0.4 is 5.73 Å². The second-order valence-corrected chi connectivity index (χ2v) is 5.14. The van der Waals surface area contributed by atoms with E-state index in [-0.39, 0.29) is 6.61 Å². The Morgan fingerprint density at radius 1 is 1.11 bits per heavy atom. The first-order chi connectivity index (χ1) is 9.16. The zero-order valence-electron chi connectivity index (χ0n) is 10.4. The molecule has 0 radical (unpaired) electrons. The lowest BCUT2D eigenvalue weighted by Crippen LogP contribution is -2.07. The average molecular weight is 322 g/mol. The van der Waals surface area contributed by atoms with Gasteiger partial charge in [0.1, 0.15) is 6.10 Å². The van der Waals surface area contributed by atoms with Gasteiger partial charge in [-0.1, -0.05) is 46.3 Å². The molecule has 2 aromatic rings. The fourth-order valence-corrected chi connectivity index (χ4v) is 2.11. The van der Waals surface area contributed by atoms with Crippen LogP contribution >= 0.6 is 15.9 Å². The van der Waals surface area contributed by atoms with Gasteiger partial charge in [-0.3, -0.25) is 0 Å². The summed E-state index contributed by atoms with van der Waals surface area (Å²) in [5.41, 5.74) is 8.16. The van der Waals surface area contributed by atoms with Crippen LogP contribution in [-0.2, 0) is 11.3 Å². The number of anilines is 1. The van der Waals surface area contributed by atoms with Crippen molar-refractivity contribution < 1.29 is 9.84 Å². The van der Waals surface area contributed by atoms with Crippen molar-refractivity contribution in [2.75, 3.05) is 12.3 Å². The summed E-state index contributed by atoms with van der Waals surface area (Å²) in [7, 11) is 0. The Bertz CT molecular complexity index is 528. The molecule has 0 heterocycles. The van der Waals surface area contributed by atoms with Crippen molar-refractivity contribution in [2.24, 2.45) is 0 Å². The van der Waals surface area contributed by atoms with Crippen LogP contribution in [0.5, 0.6) is 0 Å². The molecule has 19 heavy (non-hydrogen) atoms. The van der Waals surface area contributed by atoms with Gasteiger partial charge in [-0.25, -0.2) is 0 Å². The summed E-state index contributed by atoms with van der Waals surface area (Å²) in [4.78, 5) is 0. The smallest absolute Gasteiger partial charge is 0.102 e. The van der Waals surface area contributed by atoms with Crippen LogP contribution in [0, 0.1) is 0 Å². The van der Waals surface area contributed by atoms with Crippen molar-refractivity contribution in [3.05, 3.63) is 64.1 Å². The second-order valence-electron chi connectivity index (χ2n) is 4.29. The molecule has 2 aromatic carbocycles. The molecule has 1 atom stereocenters. The molecule has 3 N–H and O–H groups in total. The van der Waals surface area contributed by atoms with Crippen LogP contribution in [0.2, 0.25) is 0 Å². The third-order valence-corrected chi connectivity index (χ3v) is 3.59. The molecule has 1 unspecified atom stereocenters. The van der Waals surface area contributed by atoms with E-state index in [1.807, 2.05) is 36.4 Å². The Hall–Kier alpha value is -1.36. The maximum absolute atomic E-state index is 9.98. The number of ether oxygens (including phenoxy) is 1. The largest absolute Gasteiger partial charge is 0.399 e. The first-order valence-electron chi connectivity index (χ1n) is 6.01. The van der Waals surface area contributed by atoms with Crippen LogP contribution in [0.3, 0.4) is 0 Å². The molecule has 0 saturated heterocycles. The average Bonchev–Trinajstić information content (AvgIpc) is 2.41. The van der Waals surface area contributed by atoms with E-state index in [4.69, 9.17) is 10.5 Å². The number of hydrogen-bond donors (Lipinski definition) is 2. The first-order valence-corrected chi connectivity index (χ1v) is 6.81. The molecule has 0 aromatic heterocycles. The van der Waals surface area contributed by atoms with E-state index in [9.17, 15) is 5.11 Å². The van der Waals surface area contributed by atoms with Crippen molar-refractivity contribution in [2.45, 2.75) is 12.7 Å². The zero-order chi connectivity index (χ0) is 13.7. The van der Waals surface area contributed by atoms with E-state index >= 15 is 0 Å². The summed E-state index contributed by atoms with van der Waals surface area (Å²) in [6, 6.07) is 15.0. The highest BCUT2D eigenvalue weighted by atomic mass is 79.9. The van der Waals surface area contributed by atoms with Gasteiger partial charge in [-0.15, -0.1) is 0 Å². The van der Waals surface area contributed by atoms with E-state index in [0.29, 0.717) is 12.3 Å². The second kappa shape index (κ2) is 6.70. The van der Waals surface area contributed by atoms with Gasteiger partial charge >= 0.3 is 0 Å². The van der Waals surface area contributed by atoms with Gasteiger partial charge in [-0.05, 0) is 29.3 Å². The number of nitrogen functional groups attached to an aromatic ring is 1. The Kier molecular flexibility index (Phi) is 4.96. The molecule has 0 aliphatic rings. The molecule has 0 aliphatic carbocycles. The molecule has 0 spiro atoms. The molecule has 2 rings (SSSR count). The summed E-state index contributed by atoms with van der Waals surface area (Å²) in [5, 5.41) is 9.98. The third-order valence-electron chi connectivity index (χ3n) is 2.81. The number of nitrogens with two attached hydrogens (primary N) is 1. The Morgan fingerprint density at radius 2 is 1.79 bits per heavy atom. The number of halogens is 1. The minimum atomic E-state index is -0.636. The molecular weight excluding hydrogens is 306 g/mol. The molecule has 100 valence electrons. The molecule has 0 saturated carbocycles. The van der Waals surface area contributed by atoms with Crippen LogP contribution in [-0.4, -0.2) is 11.7 Å². The Balaban J connectivity index is 1.86. The standard InChI is InChI=1S/C15H16BrNO2/c16-14-4-2-1-3-12(14)9-19-10-15(18)11-5-7-13(17)8-6-11/h1-8,15,18H,9-10,17H2. The lowest BCUT2D eigenvalue weighted by Gasteiger charge is -2.12. The van der Waals surface area contributed by atoms with Crippen LogP contribution in [0.15, 0.2) is 53.0 Å². The highest BCUT2D eigenvalue weighted by molar-refractivity contribution is 9.10. The van der Waals surface area contributed by atoms with Gasteiger partial charge in [0.15, 0.2) is 0 Å². The predicted molar refractivity (Wildman–Crippen MR) is 79.6 cm³/mol. The van der Waals surface area contributed by atoms with Crippen molar-refractivity contribution in [1.82, 2.24) is 0 Å². The minimum Gasteiger partial charge on any atom is -0.399 e. The van der Waals surface area contributed by atoms with Crippen LogP contribution in [0.25, 0.3) is 0 Å². The fraction of sp³-hybridized carbons (Fsp3) is 0.200. The van der Waals surface area contributed by atoms with Gasteiger partial charge in [0, 0.05) is 10.2 Å². The van der Waals surface area contributed by atoms with Gasteiger partial charge in [0.25, 0.3) is 0 Å². The number of benzene rings is 2. The number of rotatable bonds is 5. The summed E-state index contributed by atoms with van der Waals surface area (Å²) in [5.74, 6) is 0. The lowest BCUT2D eigenvalue weighted by atomic mass is 10.1. The number of hydrogen-bond acceptors (Lipinski definition) is 3. The quantitative estimate of drug-likeness (QED) is 0.831. The first kappa shape index (κ1) is 14.1. The van der Waals surface area contributed by atoms with Crippen LogP contribution in [0.4, 0.5) is 5.69 Å². The topological polar surface area (TPSA) is 55.5 Å². The Morgan fingerprint density at radius 3 is 2.47 bits per heavy atom. The maximum Gasteiger partial charge on any atom is 0.102 e. The monoisotopic (exact) mass is 321 g/mol. The van der Waals surface area contributed by atoms with E-state index in [1.54, 1.807) is 12.1 Å². The molecule has 0 bridgehead atoms. The SMILES string of the molecule is Nc1ccc(C(O)COCc2ccccc2Br)cc1. The molecule has 0 fully saturated rings. The zero-order valence-corrected chi connectivity index (χ0v) is 12.0. The number of aliphatic hydroxyl groups excluding tert-OH is 1. The third kappa shape index (κ3) is 4.06. The van der Waals surface area contributed by atoms with Gasteiger partial charge in [-0.2, -0.15) is 0 Å². The molecule has 0 amide bonds. The Labute approximate surface area is 121 Å². The summed E-state index contributed by atoms with van der Waals surface area (Å²) in [6.07, 6.45) is -0.636. The lowest BCUT2D eigenvalue weighted by molar-refractivity contribution is 0.0275. The van der Waals surface area contributed by atoms with Crippen molar-refractivity contribution in [1.29, 1.82) is 0 Å². The molecule has 3 nitrogen and oxygen atoms in total.